The van der Waals surface area contributed by atoms with Crippen molar-refractivity contribution in [3.05, 3.63) is 198 Å². The zero-order valence-electron chi connectivity index (χ0n) is 29.9. The van der Waals surface area contributed by atoms with Crippen molar-refractivity contribution < 1.29 is 18.8 Å². The van der Waals surface area contributed by atoms with Crippen molar-refractivity contribution in [2.75, 3.05) is 10.6 Å². The van der Waals surface area contributed by atoms with Crippen LogP contribution in [0.25, 0.3) is 39.4 Å². The zero-order chi connectivity index (χ0) is 38.3. The number of hydrogen-bond acceptors (Lipinski definition) is 6. The minimum atomic E-state index is -0.572. The number of amides is 3. The Balaban J connectivity index is 0.986. The fourth-order valence-electron chi connectivity index (χ4n) is 6.23. The topological polar surface area (TPSA) is 113 Å². The average molecular weight is 751 g/mol. The molecule has 1 atom stereocenters. The number of hydrogen-bond donors (Lipinski definition) is 3. The van der Waals surface area contributed by atoms with E-state index in [0.717, 1.165) is 37.9 Å². The van der Waals surface area contributed by atoms with E-state index in [1.54, 1.807) is 42.5 Å². The van der Waals surface area contributed by atoms with Crippen LogP contribution >= 0.6 is 11.8 Å². The van der Waals surface area contributed by atoms with Crippen LogP contribution < -0.4 is 16.0 Å². The van der Waals surface area contributed by atoms with Gasteiger partial charge in [-0.1, -0.05) is 103 Å². The first-order valence-corrected chi connectivity index (χ1v) is 18.8. The number of rotatable bonds is 11. The molecule has 56 heavy (non-hydrogen) atoms. The lowest BCUT2D eigenvalue weighted by Gasteiger charge is -2.18. The summed E-state index contributed by atoms with van der Waals surface area (Å²) in [4.78, 5) is 46.3. The van der Waals surface area contributed by atoms with Gasteiger partial charge in [0.2, 0.25) is 11.8 Å². The van der Waals surface area contributed by atoms with E-state index in [1.165, 1.54) is 11.8 Å². The summed E-state index contributed by atoms with van der Waals surface area (Å²) in [5, 5.41) is 10.2. The molecule has 272 valence electrons. The van der Waals surface area contributed by atoms with Crippen molar-refractivity contribution in [3.8, 4) is 11.5 Å². The third kappa shape index (κ3) is 8.28. The molecule has 3 N–H and O–H groups in total. The number of carbonyl (C=O) groups excluding carboxylic acids is 3. The monoisotopic (exact) mass is 750 g/mol. The van der Waals surface area contributed by atoms with Crippen molar-refractivity contribution in [3.63, 3.8) is 0 Å². The highest BCUT2D eigenvalue weighted by Crippen LogP contribution is 2.37. The highest BCUT2D eigenvalue weighted by atomic mass is 32.2. The normalized spacial score (nSPS) is 11.9. The van der Waals surface area contributed by atoms with Gasteiger partial charge in [-0.05, 0) is 101 Å². The predicted molar refractivity (Wildman–Crippen MR) is 224 cm³/mol. The second-order valence-corrected chi connectivity index (χ2v) is 14.1. The number of carbonyl (C=O) groups is 3. The lowest BCUT2D eigenvalue weighted by atomic mass is 10.0. The molecule has 0 aliphatic rings. The van der Waals surface area contributed by atoms with Gasteiger partial charge in [0.25, 0.3) is 11.8 Å². The maximum absolute atomic E-state index is 13.8. The molecule has 0 saturated carbocycles. The van der Waals surface area contributed by atoms with E-state index in [9.17, 15) is 14.4 Å². The van der Waals surface area contributed by atoms with Gasteiger partial charge in [0.15, 0.2) is 5.58 Å². The average Bonchev–Trinajstić information content (AvgIpc) is 3.69. The highest BCUT2D eigenvalue weighted by molar-refractivity contribution is 8.00. The summed E-state index contributed by atoms with van der Waals surface area (Å²) in [6.45, 7) is 0. The summed E-state index contributed by atoms with van der Waals surface area (Å²) in [6.07, 6.45) is 1.69. The summed E-state index contributed by atoms with van der Waals surface area (Å²) < 4.78 is 5.90. The second-order valence-electron chi connectivity index (χ2n) is 12.9. The Bertz CT molecular complexity index is 2660. The largest absolute Gasteiger partial charge is 0.436 e. The molecule has 7 aromatic carbocycles. The Morgan fingerprint density at radius 1 is 0.625 bits per heavy atom. The van der Waals surface area contributed by atoms with Crippen LogP contribution in [0.1, 0.15) is 26.7 Å². The van der Waals surface area contributed by atoms with Crippen molar-refractivity contribution in [2.24, 2.45) is 0 Å². The molecule has 1 aromatic heterocycles. The number of anilines is 2. The summed E-state index contributed by atoms with van der Waals surface area (Å²) in [5.74, 6) is -0.560. The maximum atomic E-state index is 13.8. The molecule has 0 aliphatic heterocycles. The van der Waals surface area contributed by atoms with Gasteiger partial charge in [0.1, 0.15) is 16.5 Å². The van der Waals surface area contributed by atoms with E-state index in [0.29, 0.717) is 28.4 Å². The molecule has 0 aliphatic carbocycles. The third-order valence-electron chi connectivity index (χ3n) is 9.05. The van der Waals surface area contributed by atoms with E-state index >= 15 is 0 Å². The molecule has 3 amide bonds. The highest BCUT2D eigenvalue weighted by Gasteiger charge is 2.23. The molecule has 8 rings (SSSR count). The van der Waals surface area contributed by atoms with Crippen LogP contribution in [0.2, 0.25) is 0 Å². The van der Waals surface area contributed by atoms with Crippen molar-refractivity contribution >= 4 is 68.8 Å². The van der Waals surface area contributed by atoms with Crippen molar-refractivity contribution in [2.45, 2.75) is 10.1 Å². The van der Waals surface area contributed by atoms with Crippen LogP contribution in [0.5, 0.6) is 0 Å². The van der Waals surface area contributed by atoms with Gasteiger partial charge in [-0.3, -0.25) is 14.4 Å². The van der Waals surface area contributed by atoms with Gasteiger partial charge in [-0.25, -0.2) is 4.98 Å². The Morgan fingerprint density at radius 3 is 2.04 bits per heavy atom. The quantitative estimate of drug-likeness (QED) is 0.0896. The minimum absolute atomic E-state index is 0.0938. The molecule has 8 aromatic rings. The molecule has 0 saturated heterocycles. The summed E-state index contributed by atoms with van der Waals surface area (Å²) in [7, 11) is 0. The summed E-state index contributed by atoms with van der Waals surface area (Å²) in [6, 6.07) is 54.3. The van der Waals surface area contributed by atoms with E-state index in [2.05, 4.69) is 20.9 Å². The molecule has 0 spiro atoms. The second kappa shape index (κ2) is 16.4. The first-order chi connectivity index (χ1) is 27.5. The van der Waals surface area contributed by atoms with Crippen molar-refractivity contribution in [1.82, 2.24) is 10.3 Å². The van der Waals surface area contributed by atoms with Gasteiger partial charge in [0, 0.05) is 27.4 Å². The standard InChI is InChI=1S/C47H34N4O4S/c52-44(33-15-5-2-6-16-33)50-41(30-35-18-11-17-31-12-7-8-19-39(31)35)45(53)48-37-26-28-38(29-27-37)56-43(32-13-3-1-4-14-32)46(54)49-36-24-22-34(23-25-36)47-51-40-20-9-10-21-42(40)55-47/h1-30,43H,(H,48,53)(H,49,54)(H,50,52)/b41-30-. The molecular weight excluding hydrogens is 717 g/mol. The summed E-state index contributed by atoms with van der Waals surface area (Å²) >= 11 is 1.40. The third-order valence-corrected chi connectivity index (χ3v) is 10.3. The van der Waals surface area contributed by atoms with Gasteiger partial charge in [-0.2, -0.15) is 0 Å². The Hall–Kier alpha value is -7.23. The van der Waals surface area contributed by atoms with Gasteiger partial charge < -0.3 is 20.4 Å². The van der Waals surface area contributed by atoms with E-state index < -0.39 is 17.1 Å². The first kappa shape index (κ1) is 35.8. The van der Waals surface area contributed by atoms with Gasteiger partial charge in [-0.15, -0.1) is 11.8 Å². The number of nitrogens with one attached hydrogen (secondary N) is 3. The first-order valence-electron chi connectivity index (χ1n) is 17.9. The van der Waals surface area contributed by atoms with Crippen LogP contribution in [0.4, 0.5) is 11.4 Å². The Morgan fingerprint density at radius 2 is 1.27 bits per heavy atom. The van der Waals surface area contributed by atoms with Gasteiger partial charge in [0.05, 0.1) is 0 Å². The van der Waals surface area contributed by atoms with Crippen LogP contribution in [-0.4, -0.2) is 22.7 Å². The smallest absolute Gasteiger partial charge is 0.272 e. The number of para-hydroxylation sites is 2. The molecule has 8 nitrogen and oxygen atoms in total. The molecule has 1 unspecified atom stereocenters. The molecule has 9 heteroatoms. The lowest BCUT2D eigenvalue weighted by Crippen LogP contribution is -2.30. The van der Waals surface area contributed by atoms with Crippen LogP contribution in [-0.2, 0) is 9.59 Å². The predicted octanol–water partition coefficient (Wildman–Crippen LogP) is 10.5. The number of aromatic nitrogens is 1. The number of fused-ring (bicyclic) bond motifs is 2. The van der Waals surface area contributed by atoms with Crippen LogP contribution in [0, 0.1) is 0 Å². The van der Waals surface area contributed by atoms with Gasteiger partial charge >= 0.3 is 0 Å². The lowest BCUT2D eigenvalue weighted by molar-refractivity contribution is -0.116. The number of benzene rings is 7. The number of thioether (sulfide) groups is 1. The molecule has 0 fully saturated rings. The Kier molecular flexibility index (Phi) is 10.5. The molecular formula is C47H34N4O4S. The van der Waals surface area contributed by atoms with Crippen LogP contribution in [0.15, 0.2) is 191 Å². The van der Waals surface area contributed by atoms with Crippen LogP contribution in [0.3, 0.4) is 0 Å². The number of nitrogens with zero attached hydrogens (tertiary/aromatic N) is 1. The minimum Gasteiger partial charge on any atom is -0.436 e. The maximum Gasteiger partial charge on any atom is 0.272 e. The zero-order valence-corrected chi connectivity index (χ0v) is 30.7. The fourth-order valence-corrected chi connectivity index (χ4v) is 7.25. The Labute approximate surface area is 327 Å². The van der Waals surface area contributed by atoms with E-state index in [1.807, 2.05) is 140 Å². The fraction of sp³-hybridized carbons (Fsp3) is 0.0213. The number of oxazole rings is 1. The SMILES string of the molecule is O=C(Nc1ccc(SC(C(=O)Nc2ccc(-c3nc4ccccc4o3)cc2)c2ccccc2)cc1)/C(=C/c1cccc2ccccc12)NC(=O)c1ccccc1. The molecule has 1 heterocycles. The summed E-state index contributed by atoms with van der Waals surface area (Å²) in [5.41, 5.74) is 5.61. The van der Waals surface area contributed by atoms with Crippen molar-refractivity contribution in [1.29, 1.82) is 0 Å². The molecule has 0 bridgehead atoms. The van der Waals surface area contributed by atoms with E-state index in [-0.39, 0.29) is 11.6 Å². The van der Waals surface area contributed by atoms with E-state index in [4.69, 9.17) is 4.42 Å². The molecule has 0 radical (unpaired) electrons.